The van der Waals surface area contributed by atoms with Crippen molar-refractivity contribution in [1.29, 1.82) is 0 Å². The lowest BCUT2D eigenvalue weighted by atomic mass is 10.1. The number of aliphatic hydroxyl groups is 1. The summed E-state index contributed by atoms with van der Waals surface area (Å²) in [5.74, 6) is 0. The number of rotatable bonds is 3. The Morgan fingerprint density at radius 2 is 2.11 bits per heavy atom. The number of hydrogen-bond donors (Lipinski definition) is 2. The second-order valence-corrected chi connectivity index (χ2v) is 4.26. The molecule has 18 heavy (non-hydrogen) atoms. The number of ether oxygens (including phenoxy) is 1. The van der Waals surface area contributed by atoms with Gasteiger partial charge in [-0.2, -0.15) is 0 Å². The molecular weight excluding hydrogens is 228 g/mol. The first-order valence-corrected chi connectivity index (χ1v) is 5.83. The van der Waals surface area contributed by atoms with Gasteiger partial charge in [-0.3, -0.25) is 4.98 Å². The number of H-pyrrole nitrogens is 1. The lowest BCUT2D eigenvalue weighted by molar-refractivity contribution is 0.0626. The van der Waals surface area contributed by atoms with Crippen LogP contribution in [0.4, 0.5) is 0 Å². The van der Waals surface area contributed by atoms with Gasteiger partial charge in [0.15, 0.2) is 0 Å². The van der Waals surface area contributed by atoms with E-state index in [4.69, 9.17) is 4.74 Å². The number of methoxy groups -OCH3 is 1. The van der Waals surface area contributed by atoms with Gasteiger partial charge in [-0.1, -0.05) is 18.2 Å². The molecule has 2 aromatic heterocycles. The number of aromatic nitrogens is 2. The molecule has 0 fully saturated rings. The normalized spacial score (nSPS) is 13.2. The highest BCUT2D eigenvalue weighted by molar-refractivity contribution is 6.07. The SMILES string of the molecule is COC[C@@H](O)c1nccc2c1[nH]c1ccccc12. The van der Waals surface area contributed by atoms with Crippen molar-refractivity contribution < 1.29 is 9.84 Å². The smallest absolute Gasteiger partial charge is 0.121 e. The Kier molecular flexibility index (Phi) is 2.74. The molecule has 2 N–H and O–H groups in total. The van der Waals surface area contributed by atoms with E-state index in [1.807, 2.05) is 24.3 Å². The van der Waals surface area contributed by atoms with Crippen molar-refractivity contribution in [2.45, 2.75) is 6.10 Å². The number of fused-ring (bicyclic) bond motifs is 3. The lowest BCUT2D eigenvalue weighted by Gasteiger charge is -2.09. The van der Waals surface area contributed by atoms with Gasteiger partial charge in [0.2, 0.25) is 0 Å². The number of pyridine rings is 1. The highest BCUT2D eigenvalue weighted by Crippen LogP contribution is 2.28. The zero-order chi connectivity index (χ0) is 12.5. The van der Waals surface area contributed by atoms with Crippen LogP contribution in [0, 0.1) is 0 Å². The van der Waals surface area contributed by atoms with E-state index in [0.29, 0.717) is 5.69 Å². The molecule has 4 heteroatoms. The Hall–Kier alpha value is -1.91. The topological polar surface area (TPSA) is 58.1 Å². The Morgan fingerprint density at radius 1 is 1.28 bits per heavy atom. The summed E-state index contributed by atoms with van der Waals surface area (Å²) in [5.41, 5.74) is 2.56. The monoisotopic (exact) mass is 242 g/mol. The van der Waals surface area contributed by atoms with E-state index in [1.165, 1.54) is 0 Å². The maximum Gasteiger partial charge on any atom is 0.121 e. The molecule has 3 rings (SSSR count). The lowest BCUT2D eigenvalue weighted by Crippen LogP contribution is -2.07. The van der Waals surface area contributed by atoms with E-state index < -0.39 is 6.10 Å². The summed E-state index contributed by atoms with van der Waals surface area (Å²) in [5, 5.41) is 12.3. The minimum atomic E-state index is -0.716. The summed E-state index contributed by atoms with van der Waals surface area (Å²) >= 11 is 0. The highest BCUT2D eigenvalue weighted by atomic mass is 16.5. The summed E-state index contributed by atoms with van der Waals surface area (Å²) in [6, 6.07) is 10.0. The first-order chi connectivity index (χ1) is 8.81. The van der Waals surface area contributed by atoms with E-state index in [9.17, 15) is 5.11 Å². The van der Waals surface area contributed by atoms with Gasteiger partial charge in [-0.15, -0.1) is 0 Å². The third kappa shape index (κ3) is 1.66. The molecule has 0 saturated heterocycles. The molecular formula is C14H14N2O2. The fraction of sp³-hybridized carbons (Fsp3) is 0.214. The fourth-order valence-corrected chi connectivity index (χ4v) is 2.28. The first kappa shape index (κ1) is 11.2. The molecule has 0 amide bonds. The molecule has 3 aromatic rings. The van der Waals surface area contributed by atoms with Crippen molar-refractivity contribution in [3.8, 4) is 0 Å². The zero-order valence-corrected chi connectivity index (χ0v) is 10.1. The third-order valence-electron chi connectivity index (χ3n) is 3.10. The van der Waals surface area contributed by atoms with Crippen molar-refractivity contribution in [2.24, 2.45) is 0 Å². The number of aliphatic hydroxyl groups excluding tert-OH is 1. The van der Waals surface area contributed by atoms with E-state index >= 15 is 0 Å². The number of hydrogen-bond acceptors (Lipinski definition) is 3. The Balaban J connectivity index is 2.27. The van der Waals surface area contributed by atoms with Gasteiger partial charge in [0.05, 0.1) is 17.8 Å². The van der Waals surface area contributed by atoms with Crippen molar-refractivity contribution >= 4 is 21.8 Å². The molecule has 0 bridgehead atoms. The number of aromatic amines is 1. The summed E-state index contributed by atoms with van der Waals surface area (Å²) in [7, 11) is 1.56. The summed E-state index contributed by atoms with van der Waals surface area (Å²) in [6.45, 7) is 0.238. The molecule has 92 valence electrons. The molecule has 0 unspecified atom stereocenters. The van der Waals surface area contributed by atoms with Crippen LogP contribution in [0.3, 0.4) is 0 Å². The summed E-state index contributed by atoms with van der Waals surface area (Å²) < 4.78 is 4.98. The van der Waals surface area contributed by atoms with Crippen LogP contribution in [0.25, 0.3) is 21.8 Å². The molecule has 0 spiro atoms. The van der Waals surface area contributed by atoms with Crippen LogP contribution in [-0.2, 0) is 4.74 Å². The summed E-state index contributed by atoms with van der Waals surface area (Å²) in [4.78, 5) is 7.57. The molecule has 0 aliphatic heterocycles. The third-order valence-corrected chi connectivity index (χ3v) is 3.10. The number of nitrogens with zero attached hydrogens (tertiary/aromatic N) is 1. The number of nitrogens with one attached hydrogen (secondary N) is 1. The van der Waals surface area contributed by atoms with Crippen LogP contribution >= 0.6 is 0 Å². The molecule has 1 atom stereocenters. The predicted octanol–water partition coefficient (Wildman–Crippen LogP) is 2.40. The van der Waals surface area contributed by atoms with Gasteiger partial charge in [-0.05, 0) is 12.1 Å². The average molecular weight is 242 g/mol. The Bertz CT molecular complexity index is 690. The Labute approximate surface area is 104 Å². The van der Waals surface area contributed by atoms with Crippen molar-refractivity contribution in [1.82, 2.24) is 9.97 Å². The van der Waals surface area contributed by atoms with Crippen LogP contribution in [-0.4, -0.2) is 28.8 Å². The second kappa shape index (κ2) is 4.40. The van der Waals surface area contributed by atoms with Gasteiger partial charge in [-0.25, -0.2) is 0 Å². The molecule has 2 heterocycles. The highest BCUT2D eigenvalue weighted by Gasteiger charge is 2.15. The molecule has 0 saturated carbocycles. The second-order valence-electron chi connectivity index (χ2n) is 4.26. The van der Waals surface area contributed by atoms with Gasteiger partial charge in [0.25, 0.3) is 0 Å². The standard InChI is InChI=1S/C14H14N2O2/c1-18-8-12(17)14-13-10(6-7-15-14)9-4-2-3-5-11(9)16-13/h2-7,12,16-17H,8H2,1H3/t12-/m1/s1. The van der Waals surface area contributed by atoms with E-state index in [0.717, 1.165) is 21.8 Å². The van der Waals surface area contributed by atoms with Crippen molar-refractivity contribution in [3.63, 3.8) is 0 Å². The van der Waals surface area contributed by atoms with Gasteiger partial charge < -0.3 is 14.8 Å². The largest absolute Gasteiger partial charge is 0.384 e. The van der Waals surface area contributed by atoms with E-state index in [-0.39, 0.29) is 6.61 Å². The van der Waals surface area contributed by atoms with Crippen molar-refractivity contribution in [3.05, 3.63) is 42.2 Å². The van der Waals surface area contributed by atoms with E-state index in [2.05, 4.69) is 16.0 Å². The number of benzene rings is 1. The van der Waals surface area contributed by atoms with Crippen LogP contribution in [0.15, 0.2) is 36.5 Å². The Morgan fingerprint density at radius 3 is 2.94 bits per heavy atom. The minimum Gasteiger partial charge on any atom is -0.384 e. The van der Waals surface area contributed by atoms with Crippen LogP contribution < -0.4 is 0 Å². The van der Waals surface area contributed by atoms with Gasteiger partial charge in [0, 0.05) is 29.6 Å². The summed E-state index contributed by atoms with van der Waals surface area (Å²) in [6.07, 6.45) is 1.00. The maximum atomic E-state index is 10.0. The molecule has 0 radical (unpaired) electrons. The van der Waals surface area contributed by atoms with E-state index in [1.54, 1.807) is 13.3 Å². The number of para-hydroxylation sites is 1. The van der Waals surface area contributed by atoms with Crippen LogP contribution in [0.5, 0.6) is 0 Å². The first-order valence-electron chi connectivity index (χ1n) is 5.83. The molecule has 1 aromatic carbocycles. The van der Waals surface area contributed by atoms with Gasteiger partial charge >= 0.3 is 0 Å². The zero-order valence-electron chi connectivity index (χ0n) is 10.1. The van der Waals surface area contributed by atoms with Gasteiger partial charge in [0.1, 0.15) is 6.10 Å². The average Bonchev–Trinajstić information content (AvgIpc) is 2.77. The quantitative estimate of drug-likeness (QED) is 0.741. The molecule has 4 nitrogen and oxygen atoms in total. The van der Waals surface area contributed by atoms with Crippen LogP contribution in [0.2, 0.25) is 0 Å². The van der Waals surface area contributed by atoms with Crippen molar-refractivity contribution in [2.75, 3.05) is 13.7 Å². The predicted molar refractivity (Wildman–Crippen MR) is 70.4 cm³/mol. The minimum absolute atomic E-state index is 0.238. The van der Waals surface area contributed by atoms with Crippen LogP contribution in [0.1, 0.15) is 11.8 Å². The molecule has 0 aliphatic rings. The molecule has 0 aliphatic carbocycles. The maximum absolute atomic E-state index is 10.0. The fourth-order valence-electron chi connectivity index (χ4n) is 2.28.